The van der Waals surface area contributed by atoms with E-state index in [0.717, 1.165) is 23.0 Å². The normalized spacial score (nSPS) is 11.2. The molecular weight excluding hydrogens is 410 g/mol. The predicted octanol–water partition coefficient (Wildman–Crippen LogP) is 5.18. The number of carbonyl (C=O) groups is 1. The fourth-order valence-electron chi connectivity index (χ4n) is 3.40. The number of aryl methyl sites for hydroxylation is 1. The van der Waals surface area contributed by atoms with Crippen molar-refractivity contribution in [3.05, 3.63) is 101 Å². The van der Waals surface area contributed by atoms with E-state index in [-0.39, 0.29) is 12.5 Å². The van der Waals surface area contributed by atoms with Crippen LogP contribution in [-0.2, 0) is 11.3 Å². The van der Waals surface area contributed by atoms with Gasteiger partial charge < -0.3 is 9.30 Å². The molecule has 6 heteroatoms. The highest BCUT2D eigenvalue weighted by atomic mass is 35.5. The Morgan fingerprint density at radius 2 is 1.90 bits per heavy atom. The van der Waals surface area contributed by atoms with Crippen LogP contribution < -0.4 is 10.2 Å². The Labute approximate surface area is 185 Å². The Bertz CT molecular complexity index is 1230. The van der Waals surface area contributed by atoms with Crippen molar-refractivity contribution in [3.8, 4) is 5.75 Å². The van der Waals surface area contributed by atoms with Gasteiger partial charge >= 0.3 is 0 Å². The summed E-state index contributed by atoms with van der Waals surface area (Å²) in [6, 6.07) is 23.5. The predicted molar refractivity (Wildman–Crippen MR) is 125 cm³/mol. The smallest absolute Gasteiger partial charge is 0.277 e. The van der Waals surface area contributed by atoms with E-state index in [2.05, 4.69) is 58.4 Å². The maximum Gasteiger partial charge on any atom is 0.277 e. The molecule has 0 saturated heterocycles. The van der Waals surface area contributed by atoms with Crippen LogP contribution in [0.2, 0.25) is 5.02 Å². The summed E-state index contributed by atoms with van der Waals surface area (Å²) in [7, 11) is 0. The minimum absolute atomic E-state index is 0.131. The quantitative estimate of drug-likeness (QED) is 0.324. The Hall–Kier alpha value is -3.57. The van der Waals surface area contributed by atoms with Crippen molar-refractivity contribution in [2.24, 2.45) is 5.10 Å². The molecule has 0 fully saturated rings. The van der Waals surface area contributed by atoms with Crippen molar-refractivity contribution in [2.75, 3.05) is 6.61 Å². The van der Waals surface area contributed by atoms with Crippen molar-refractivity contribution in [1.82, 2.24) is 9.99 Å². The molecule has 0 bridgehead atoms. The monoisotopic (exact) mass is 431 g/mol. The van der Waals surface area contributed by atoms with E-state index < -0.39 is 0 Å². The number of hydrogen-bond donors (Lipinski definition) is 1. The van der Waals surface area contributed by atoms with Gasteiger partial charge in [0.1, 0.15) is 5.75 Å². The van der Waals surface area contributed by atoms with E-state index in [9.17, 15) is 4.79 Å². The zero-order chi connectivity index (χ0) is 21.6. The first-order chi connectivity index (χ1) is 15.1. The number of hydrazone groups is 1. The lowest BCUT2D eigenvalue weighted by atomic mass is 10.1. The second-order valence-corrected chi connectivity index (χ2v) is 7.69. The fraction of sp³-hybridized carbons (Fsp3) is 0.120. The third-order valence-corrected chi connectivity index (χ3v) is 5.08. The van der Waals surface area contributed by atoms with E-state index in [1.807, 2.05) is 18.3 Å². The van der Waals surface area contributed by atoms with E-state index in [0.29, 0.717) is 10.8 Å². The van der Waals surface area contributed by atoms with Gasteiger partial charge in [-0.05, 0) is 42.8 Å². The van der Waals surface area contributed by atoms with Gasteiger partial charge in [0, 0.05) is 34.2 Å². The molecule has 0 aliphatic carbocycles. The van der Waals surface area contributed by atoms with E-state index in [4.69, 9.17) is 16.3 Å². The number of carbonyl (C=O) groups excluding carboxylic acids is 1. The summed E-state index contributed by atoms with van der Waals surface area (Å²) in [6.07, 6.45) is 3.71. The van der Waals surface area contributed by atoms with Gasteiger partial charge in [-0.25, -0.2) is 5.43 Å². The minimum atomic E-state index is -0.338. The first-order valence-electron chi connectivity index (χ1n) is 9.92. The van der Waals surface area contributed by atoms with Crippen LogP contribution in [0.25, 0.3) is 10.9 Å². The number of nitrogens with zero attached hydrogens (tertiary/aromatic N) is 2. The highest BCUT2D eigenvalue weighted by Gasteiger charge is 2.08. The Kier molecular flexibility index (Phi) is 6.34. The number of fused-ring (bicyclic) bond motifs is 1. The van der Waals surface area contributed by atoms with Crippen LogP contribution in [0.3, 0.4) is 0 Å². The first kappa shape index (κ1) is 20.7. The van der Waals surface area contributed by atoms with Gasteiger partial charge in [0.2, 0.25) is 0 Å². The summed E-state index contributed by atoms with van der Waals surface area (Å²) in [5.74, 6) is 0.234. The number of ether oxygens (including phenoxy) is 1. The maximum atomic E-state index is 12.0. The number of halogens is 1. The molecule has 0 spiro atoms. The number of amides is 1. The molecule has 1 amide bonds. The molecule has 0 radical (unpaired) electrons. The van der Waals surface area contributed by atoms with E-state index in [1.54, 1.807) is 30.5 Å². The zero-order valence-corrected chi connectivity index (χ0v) is 17.8. The van der Waals surface area contributed by atoms with Crippen molar-refractivity contribution in [3.63, 3.8) is 0 Å². The van der Waals surface area contributed by atoms with Gasteiger partial charge in [-0.2, -0.15) is 5.10 Å². The summed E-state index contributed by atoms with van der Waals surface area (Å²) >= 11 is 5.84. The van der Waals surface area contributed by atoms with Crippen LogP contribution in [0.15, 0.2) is 84.1 Å². The number of rotatable bonds is 7. The summed E-state index contributed by atoms with van der Waals surface area (Å²) in [6.45, 7) is 2.72. The third-order valence-electron chi connectivity index (χ3n) is 4.83. The van der Waals surface area contributed by atoms with Crippen molar-refractivity contribution < 1.29 is 9.53 Å². The second-order valence-electron chi connectivity index (χ2n) is 7.25. The van der Waals surface area contributed by atoms with Crippen LogP contribution in [0.4, 0.5) is 0 Å². The lowest BCUT2D eigenvalue weighted by molar-refractivity contribution is -0.123. The fourth-order valence-corrected chi connectivity index (χ4v) is 3.53. The summed E-state index contributed by atoms with van der Waals surface area (Å²) < 4.78 is 7.62. The lowest BCUT2D eigenvalue weighted by Crippen LogP contribution is -2.24. The standard InChI is InChI=1S/C25H22ClN3O2/c1-18-5-4-6-19(13-18)15-29-16-20(23-7-2-3-8-24(23)29)14-27-28-25(30)17-31-22-11-9-21(26)10-12-22/h2-14,16H,15,17H2,1H3,(H,28,30)/b27-14-. The molecule has 1 N–H and O–H groups in total. The van der Waals surface area contributed by atoms with Gasteiger partial charge in [0.25, 0.3) is 5.91 Å². The van der Waals surface area contributed by atoms with Gasteiger partial charge in [-0.3, -0.25) is 4.79 Å². The Morgan fingerprint density at radius 1 is 1.10 bits per heavy atom. The van der Waals surface area contributed by atoms with Crippen LogP contribution in [0.1, 0.15) is 16.7 Å². The number of benzene rings is 3. The minimum Gasteiger partial charge on any atom is -0.484 e. The summed E-state index contributed by atoms with van der Waals surface area (Å²) in [5, 5.41) is 5.80. The highest BCUT2D eigenvalue weighted by Crippen LogP contribution is 2.21. The summed E-state index contributed by atoms with van der Waals surface area (Å²) in [4.78, 5) is 12.0. The Morgan fingerprint density at radius 3 is 2.71 bits per heavy atom. The van der Waals surface area contributed by atoms with Crippen molar-refractivity contribution in [2.45, 2.75) is 13.5 Å². The number of nitrogens with one attached hydrogen (secondary N) is 1. The first-order valence-corrected chi connectivity index (χ1v) is 10.3. The molecule has 0 unspecified atom stereocenters. The lowest BCUT2D eigenvalue weighted by Gasteiger charge is -2.06. The molecule has 1 aromatic heterocycles. The van der Waals surface area contributed by atoms with Gasteiger partial charge in [0.05, 0.1) is 6.21 Å². The molecule has 0 aliphatic rings. The second kappa shape index (κ2) is 9.49. The van der Waals surface area contributed by atoms with Gasteiger partial charge in [0.15, 0.2) is 6.61 Å². The number of hydrogen-bond acceptors (Lipinski definition) is 3. The van der Waals surface area contributed by atoms with Crippen molar-refractivity contribution >= 4 is 34.6 Å². The molecule has 4 rings (SSSR count). The SMILES string of the molecule is Cc1cccc(Cn2cc(/C=N\NC(=O)COc3ccc(Cl)cc3)c3ccccc32)c1. The Balaban J connectivity index is 1.43. The topological polar surface area (TPSA) is 55.6 Å². The number of para-hydroxylation sites is 1. The molecule has 0 aliphatic heterocycles. The summed E-state index contributed by atoms with van der Waals surface area (Å²) in [5.41, 5.74) is 7.03. The van der Waals surface area contributed by atoms with Gasteiger partial charge in [-0.15, -0.1) is 0 Å². The third kappa shape index (κ3) is 5.32. The highest BCUT2D eigenvalue weighted by molar-refractivity contribution is 6.30. The molecule has 0 saturated carbocycles. The molecule has 31 heavy (non-hydrogen) atoms. The van der Waals surface area contributed by atoms with E-state index in [1.165, 1.54) is 11.1 Å². The van der Waals surface area contributed by atoms with E-state index >= 15 is 0 Å². The average molecular weight is 432 g/mol. The largest absolute Gasteiger partial charge is 0.484 e. The molecule has 156 valence electrons. The molecule has 0 atom stereocenters. The van der Waals surface area contributed by atoms with Crippen molar-refractivity contribution in [1.29, 1.82) is 0 Å². The average Bonchev–Trinajstić information content (AvgIpc) is 3.11. The van der Waals surface area contributed by atoms with Crippen LogP contribution >= 0.6 is 11.6 Å². The molecule has 4 aromatic rings. The van der Waals surface area contributed by atoms with Crippen LogP contribution in [0.5, 0.6) is 5.75 Å². The molecule has 1 heterocycles. The molecular formula is C25H22ClN3O2. The molecule has 5 nitrogen and oxygen atoms in total. The van der Waals surface area contributed by atoms with Gasteiger partial charge in [-0.1, -0.05) is 59.6 Å². The zero-order valence-electron chi connectivity index (χ0n) is 17.1. The van der Waals surface area contributed by atoms with Crippen LogP contribution in [0, 0.1) is 6.92 Å². The molecule has 3 aromatic carbocycles. The van der Waals surface area contributed by atoms with Crippen LogP contribution in [-0.4, -0.2) is 23.3 Å². The maximum absolute atomic E-state index is 12.0. The number of aromatic nitrogens is 1.